The number of imidazole rings is 1. The molecule has 44 heavy (non-hydrogen) atoms. The maximum absolute atomic E-state index is 10.6. The molecule has 0 spiro atoms. The van der Waals surface area contributed by atoms with Crippen LogP contribution in [0.4, 0.5) is 39.5 Å². The molecule has 0 atom stereocenters. The summed E-state index contributed by atoms with van der Waals surface area (Å²) in [5.74, 6) is -7.15. The van der Waals surface area contributed by atoms with Gasteiger partial charge in [0.2, 0.25) is 0 Å². The molecule has 3 N–H and O–H groups in total. The molecule has 0 aliphatic carbocycles. The average molecular weight is 647 g/mol. The average Bonchev–Trinajstić information content (AvgIpc) is 3.32. The lowest BCUT2D eigenvalue weighted by molar-refractivity contribution is -0.193. The van der Waals surface area contributed by atoms with Crippen LogP contribution in [0.3, 0.4) is 0 Å². The van der Waals surface area contributed by atoms with Crippen LogP contribution in [0.15, 0.2) is 48.9 Å². The standard InChI is InChI=1S/C18H19N5.3C2HF3O2/c1-14-3-2-4-16(21-14)12-22-9-10-23-17(11-20-18(23)13-22)15-5-7-19-8-6-15;3*3-2(4,5)1(6)7/h2-8,11H,9-10,12-13H2,1H3;3*(H,6,7). The fraction of sp³-hybridized carbons (Fsp3) is 0.333. The van der Waals surface area contributed by atoms with E-state index < -0.39 is 36.4 Å². The summed E-state index contributed by atoms with van der Waals surface area (Å²) in [6.07, 6.45) is -9.62. The Morgan fingerprint density at radius 2 is 1.27 bits per heavy atom. The Balaban J connectivity index is 0.000000379. The number of carbonyl (C=O) groups is 3. The van der Waals surface area contributed by atoms with Gasteiger partial charge in [0.25, 0.3) is 0 Å². The molecule has 1 aliphatic rings. The van der Waals surface area contributed by atoms with Crippen molar-refractivity contribution in [2.75, 3.05) is 6.54 Å². The van der Waals surface area contributed by atoms with Gasteiger partial charge in [-0.2, -0.15) is 39.5 Å². The largest absolute Gasteiger partial charge is 0.490 e. The first kappa shape index (κ1) is 37.3. The topological polar surface area (TPSA) is 159 Å². The third-order valence-corrected chi connectivity index (χ3v) is 4.98. The van der Waals surface area contributed by atoms with Gasteiger partial charge in [0.05, 0.1) is 24.1 Å². The van der Waals surface area contributed by atoms with Crippen LogP contribution in [0, 0.1) is 6.92 Å². The second-order valence-corrected chi connectivity index (χ2v) is 8.34. The van der Waals surface area contributed by atoms with E-state index in [9.17, 15) is 39.5 Å². The van der Waals surface area contributed by atoms with Gasteiger partial charge in [-0.15, -0.1) is 0 Å². The maximum atomic E-state index is 10.6. The lowest BCUT2D eigenvalue weighted by atomic mass is 10.2. The molecule has 0 amide bonds. The van der Waals surface area contributed by atoms with Crippen molar-refractivity contribution in [1.29, 1.82) is 0 Å². The highest BCUT2D eigenvalue weighted by atomic mass is 19.4. The summed E-state index contributed by atoms with van der Waals surface area (Å²) >= 11 is 0. The van der Waals surface area contributed by atoms with E-state index >= 15 is 0 Å². The van der Waals surface area contributed by atoms with Gasteiger partial charge in [-0.05, 0) is 31.2 Å². The molecule has 0 saturated carbocycles. The van der Waals surface area contributed by atoms with Gasteiger partial charge in [0.1, 0.15) is 5.82 Å². The minimum Gasteiger partial charge on any atom is -0.475 e. The zero-order valence-electron chi connectivity index (χ0n) is 22.2. The van der Waals surface area contributed by atoms with Crippen LogP contribution in [0.25, 0.3) is 11.3 Å². The number of aliphatic carboxylic acids is 3. The minimum atomic E-state index is -5.08. The van der Waals surface area contributed by atoms with Crippen molar-refractivity contribution in [3.05, 3.63) is 66.1 Å². The highest BCUT2D eigenvalue weighted by Crippen LogP contribution is 2.24. The van der Waals surface area contributed by atoms with Crippen molar-refractivity contribution in [2.24, 2.45) is 0 Å². The zero-order chi connectivity index (χ0) is 33.9. The van der Waals surface area contributed by atoms with Gasteiger partial charge in [0, 0.05) is 43.3 Å². The Morgan fingerprint density at radius 1 is 0.795 bits per heavy atom. The molecule has 11 nitrogen and oxygen atoms in total. The van der Waals surface area contributed by atoms with Crippen molar-refractivity contribution in [3.63, 3.8) is 0 Å². The number of pyridine rings is 2. The van der Waals surface area contributed by atoms with Gasteiger partial charge in [-0.25, -0.2) is 19.4 Å². The van der Waals surface area contributed by atoms with Crippen LogP contribution in [-0.2, 0) is 34.0 Å². The highest BCUT2D eigenvalue weighted by Gasteiger charge is 2.39. The molecule has 0 bridgehead atoms. The number of nitrogens with zero attached hydrogens (tertiary/aromatic N) is 5. The molecule has 0 unspecified atom stereocenters. The molecule has 0 saturated heterocycles. The first-order valence-corrected chi connectivity index (χ1v) is 11.6. The van der Waals surface area contributed by atoms with Crippen LogP contribution in [-0.4, -0.2) is 82.7 Å². The second-order valence-electron chi connectivity index (χ2n) is 8.34. The summed E-state index contributed by atoms with van der Waals surface area (Å²) in [5, 5.41) is 21.4. The summed E-state index contributed by atoms with van der Waals surface area (Å²) in [6.45, 7) is 5.74. The number of alkyl halides is 9. The SMILES string of the molecule is Cc1cccc(CN2CCn3c(-c4ccncc4)cnc3C2)n1.O=C(O)C(F)(F)F.O=C(O)C(F)(F)F.O=C(O)C(F)(F)F. The number of hydrogen-bond acceptors (Lipinski definition) is 7. The van der Waals surface area contributed by atoms with Crippen LogP contribution in [0.2, 0.25) is 0 Å². The highest BCUT2D eigenvalue weighted by molar-refractivity contribution is 5.73. The van der Waals surface area contributed by atoms with Gasteiger partial charge in [-0.1, -0.05) is 6.07 Å². The Kier molecular flexibility index (Phi) is 13.3. The first-order chi connectivity index (χ1) is 20.1. The molecule has 242 valence electrons. The first-order valence-electron chi connectivity index (χ1n) is 11.6. The second kappa shape index (κ2) is 15.6. The smallest absolute Gasteiger partial charge is 0.475 e. The van der Waals surface area contributed by atoms with E-state index in [0.29, 0.717) is 0 Å². The Morgan fingerprint density at radius 3 is 1.70 bits per heavy atom. The quantitative estimate of drug-likeness (QED) is 0.344. The monoisotopic (exact) mass is 647 g/mol. The number of aryl methyl sites for hydroxylation is 1. The van der Waals surface area contributed by atoms with Gasteiger partial charge in [0.15, 0.2) is 0 Å². The van der Waals surface area contributed by atoms with E-state index in [1.54, 1.807) is 0 Å². The number of fused-ring (bicyclic) bond motifs is 1. The molecule has 0 fully saturated rings. The summed E-state index contributed by atoms with van der Waals surface area (Å²) < 4.78 is 97.5. The number of carboxylic acids is 3. The maximum Gasteiger partial charge on any atom is 0.490 e. The van der Waals surface area contributed by atoms with Gasteiger partial charge >= 0.3 is 36.4 Å². The van der Waals surface area contributed by atoms with Crippen LogP contribution < -0.4 is 0 Å². The predicted octanol–water partition coefficient (Wildman–Crippen LogP) is 4.56. The zero-order valence-corrected chi connectivity index (χ0v) is 22.2. The molecule has 1 aliphatic heterocycles. The van der Waals surface area contributed by atoms with Gasteiger partial charge < -0.3 is 19.9 Å². The lowest BCUT2D eigenvalue weighted by Crippen LogP contribution is -2.33. The van der Waals surface area contributed by atoms with E-state index in [0.717, 1.165) is 43.4 Å². The Labute approximate surface area is 241 Å². The molecular weight excluding hydrogens is 625 g/mol. The fourth-order valence-corrected chi connectivity index (χ4v) is 3.11. The van der Waals surface area contributed by atoms with E-state index in [1.165, 1.54) is 11.3 Å². The predicted molar refractivity (Wildman–Crippen MR) is 130 cm³/mol. The molecule has 4 heterocycles. The molecule has 0 radical (unpaired) electrons. The summed E-state index contributed by atoms with van der Waals surface area (Å²) in [5.41, 5.74) is 4.55. The molecular formula is C24H22F9N5O6. The van der Waals surface area contributed by atoms with Crippen molar-refractivity contribution in [3.8, 4) is 11.3 Å². The molecule has 4 rings (SSSR count). The number of rotatable bonds is 3. The van der Waals surface area contributed by atoms with Crippen LogP contribution in [0.5, 0.6) is 0 Å². The lowest BCUT2D eigenvalue weighted by Gasteiger charge is -2.28. The van der Waals surface area contributed by atoms with Crippen molar-refractivity contribution < 1.29 is 69.2 Å². The normalized spacial score (nSPS) is 13.0. The fourth-order valence-electron chi connectivity index (χ4n) is 3.11. The van der Waals surface area contributed by atoms with Crippen molar-refractivity contribution in [2.45, 2.75) is 45.1 Å². The van der Waals surface area contributed by atoms with E-state index in [-0.39, 0.29) is 0 Å². The summed E-state index contributed by atoms with van der Waals surface area (Å²) in [7, 11) is 0. The molecule has 3 aromatic heterocycles. The number of halogens is 9. The van der Waals surface area contributed by atoms with E-state index in [1.807, 2.05) is 43.7 Å². The summed E-state index contributed by atoms with van der Waals surface area (Å²) in [6, 6.07) is 10.3. The third-order valence-electron chi connectivity index (χ3n) is 4.98. The third kappa shape index (κ3) is 13.0. The Hall–Kier alpha value is -4.75. The van der Waals surface area contributed by atoms with Crippen molar-refractivity contribution >= 4 is 17.9 Å². The number of aromatic nitrogens is 4. The minimum absolute atomic E-state index is 0.862. The van der Waals surface area contributed by atoms with E-state index in [4.69, 9.17) is 29.7 Å². The molecule has 3 aromatic rings. The van der Waals surface area contributed by atoms with Gasteiger partial charge in [-0.3, -0.25) is 14.9 Å². The van der Waals surface area contributed by atoms with E-state index in [2.05, 4.69) is 36.6 Å². The Bertz CT molecular complexity index is 1340. The summed E-state index contributed by atoms with van der Waals surface area (Å²) in [4.78, 5) is 42.4. The number of carboxylic acid groups (broad SMARTS) is 3. The number of hydrogen-bond donors (Lipinski definition) is 3. The molecule has 0 aromatic carbocycles. The van der Waals surface area contributed by atoms with Crippen molar-refractivity contribution in [1.82, 2.24) is 24.4 Å². The van der Waals surface area contributed by atoms with Crippen LogP contribution >= 0.6 is 0 Å². The van der Waals surface area contributed by atoms with Crippen LogP contribution in [0.1, 0.15) is 17.2 Å². The molecule has 20 heteroatoms.